The molecule has 1 aromatic rings. The first kappa shape index (κ1) is 16.9. The standard InChI is InChI=1S/C12H13ClF2N2O2.ClH/c13-9-5-8(1-2-10(9)19-12(14)15)17-11(18)7-3-4-16-6-7;/h1-2,5,7,12,16H,3-4,6H2,(H,17,18);1H. The smallest absolute Gasteiger partial charge is 0.387 e. The molecule has 1 amide bonds. The summed E-state index contributed by atoms with van der Waals surface area (Å²) in [6, 6.07) is 4.17. The van der Waals surface area contributed by atoms with Gasteiger partial charge < -0.3 is 15.4 Å². The Bertz CT molecular complexity index is 469. The number of carbonyl (C=O) groups is 1. The van der Waals surface area contributed by atoms with Crippen molar-refractivity contribution >= 4 is 35.6 Å². The number of benzene rings is 1. The molecule has 0 aliphatic carbocycles. The van der Waals surface area contributed by atoms with Crippen molar-refractivity contribution in [3.8, 4) is 5.75 Å². The summed E-state index contributed by atoms with van der Waals surface area (Å²) in [5.74, 6) is -0.295. The number of carbonyl (C=O) groups excluding carboxylic acids is 1. The van der Waals surface area contributed by atoms with Crippen molar-refractivity contribution in [1.29, 1.82) is 0 Å². The van der Waals surface area contributed by atoms with Crippen LogP contribution in [0.3, 0.4) is 0 Å². The minimum atomic E-state index is -2.93. The summed E-state index contributed by atoms with van der Waals surface area (Å²) >= 11 is 5.79. The number of anilines is 1. The SMILES string of the molecule is Cl.O=C(Nc1ccc(OC(F)F)c(Cl)c1)C1CCNC1. The van der Waals surface area contributed by atoms with Crippen LogP contribution in [0.25, 0.3) is 0 Å². The summed E-state index contributed by atoms with van der Waals surface area (Å²) < 4.78 is 28.3. The molecule has 1 heterocycles. The number of hydrogen-bond acceptors (Lipinski definition) is 3. The molecule has 0 bridgehead atoms. The topological polar surface area (TPSA) is 50.4 Å². The summed E-state index contributed by atoms with van der Waals surface area (Å²) in [6.45, 7) is -1.46. The van der Waals surface area contributed by atoms with Gasteiger partial charge in [-0.25, -0.2) is 0 Å². The lowest BCUT2D eigenvalue weighted by molar-refractivity contribution is -0.119. The van der Waals surface area contributed by atoms with Gasteiger partial charge in [-0.3, -0.25) is 4.79 Å². The highest BCUT2D eigenvalue weighted by Crippen LogP contribution is 2.29. The molecular formula is C12H14Cl2F2N2O2. The first-order valence-electron chi connectivity index (χ1n) is 5.82. The zero-order chi connectivity index (χ0) is 13.8. The van der Waals surface area contributed by atoms with Crippen molar-refractivity contribution in [3.63, 3.8) is 0 Å². The van der Waals surface area contributed by atoms with Crippen molar-refractivity contribution in [2.75, 3.05) is 18.4 Å². The maximum absolute atomic E-state index is 12.1. The Labute approximate surface area is 126 Å². The van der Waals surface area contributed by atoms with E-state index in [0.717, 1.165) is 13.0 Å². The van der Waals surface area contributed by atoms with Crippen LogP contribution < -0.4 is 15.4 Å². The molecule has 4 nitrogen and oxygen atoms in total. The summed E-state index contributed by atoms with van der Waals surface area (Å²) in [7, 11) is 0. The van der Waals surface area contributed by atoms with E-state index in [4.69, 9.17) is 11.6 Å². The third kappa shape index (κ3) is 4.47. The van der Waals surface area contributed by atoms with Gasteiger partial charge >= 0.3 is 6.61 Å². The van der Waals surface area contributed by atoms with Gasteiger partial charge in [0.1, 0.15) is 5.75 Å². The van der Waals surface area contributed by atoms with Crippen LogP contribution >= 0.6 is 24.0 Å². The van der Waals surface area contributed by atoms with Gasteiger partial charge in [-0.1, -0.05) is 11.6 Å². The van der Waals surface area contributed by atoms with E-state index in [2.05, 4.69) is 15.4 Å². The lowest BCUT2D eigenvalue weighted by Crippen LogP contribution is -2.24. The van der Waals surface area contributed by atoms with Crippen LogP contribution in [-0.4, -0.2) is 25.6 Å². The fourth-order valence-corrected chi connectivity index (χ4v) is 2.12. The summed E-state index contributed by atoms with van der Waals surface area (Å²) in [5.41, 5.74) is 0.462. The Balaban J connectivity index is 0.00000200. The molecule has 20 heavy (non-hydrogen) atoms. The van der Waals surface area contributed by atoms with Crippen molar-refractivity contribution in [1.82, 2.24) is 5.32 Å². The Kier molecular flexibility index (Phi) is 6.45. The first-order chi connectivity index (χ1) is 9.06. The third-order valence-electron chi connectivity index (χ3n) is 2.85. The Morgan fingerprint density at radius 3 is 2.80 bits per heavy atom. The normalized spacial score (nSPS) is 17.7. The molecule has 1 aliphatic rings. The van der Waals surface area contributed by atoms with Crippen LogP contribution in [0.1, 0.15) is 6.42 Å². The zero-order valence-corrected chi connectivity index (χ0v) is 11.9. The molecule has 1 aliphatic heterocycles. The summed E-state index contributed by atoms with van der Waals surface area (Å²) in [5, 5.41) is 5.82. The van der Waals surface area contributed by atoms with E-state index in [9.17, 15) is 13.6 Å². The van der Waals surface area contributed by atoms with Gasteiger partial charge in [-0.15, -0.1) is 12.4 Å². The quantitative estimate of drug-likeness (QED) is 0.894. The average Bonchev–Trinajstić information content (AvgIpc) is 2.86. The fraction of sp³-hybridized carbons (Fsp3) is 0.417. The van der Waals surface area contributed by atoms with Crippen molar-refractivity contribution in [2.24, 2.45) is 5.92 Å². The molecule has 0 saturated carbocycles. The van der Waals surface area contributed by atoms with E-state index in [1.165, 1.54) is 18.2 Å². The molecule has 0 radical (unpaired) electrons. The van der Waals surface area contributed by atoms with Crippen molar-refractivity contribution in [3.05, 3.63) is 23.2 Å². The highest BCUT2D eigenvalue weighted by Gasteiger charge is 2.22. The second-order valence-electron chi connectivity index (χ2n) is 4.20. The van der Waals surface area contributed by atoms with Crippen LogP contribution in [0.15, 0.2) is 18.2 Å². The molecule has 2 N–H and O–H groups in total. The Morgan fingerprint density at radius 2 is 2.25 bits per heavy atom. The van der Waals surface area contributed by atoms with Crippen LogP contribution in [-0.2, 0) is 4.79 Å². The van der Waals surface area contributed by atoms with E-state index >= 15 is 0 Å². The number of halogens is 4. The van der Waals surface area contributed by atoms with E-state index in [1.54, 1.807) is 0 Å². The molecule has 112 valence electrons. The Hall–Kier alpha value is -1.11. The van der Waals surface area contributed by atoms with Gasteiger partial charge in [-0.2, -0.15) is 8.78 Å². The van der Waals surface area contributed by atoms with Crippen LogP contribution in [0, 0.1) is 5.92 Å². The number of alkyl halides is 2. The van der Waals surface area contributed by atoms with E-state index in [0.29, 0.717) is 12.2 Å². The predicted octanol–water partition coefficient (Wildman–Crippen LogP) is 2.91. The largest absolute Gasteiger partial charge is 0.433 e. The lowest BCUT2D eigenvalue weighted by Gasteiger charge is -2.12. The number of rotatable bonds is 4. The minimum absolute atomic E-state index is 0. The average molecular weight is 327 g/mol. The molecule has 1 fully saturated rings. The molecule has 0 aromatic heterocycles. The van der Waals surface area contributed by atoms with Gasteiger partial charge in [0, 0.05) is 12.2 Å². The monoisotopic (exact) mass is 326 g/mol. The number of hydrogen-bond donors (Lipinski definition) is 2. The van der Waals surface area contributed by atoms with Crippen LogP contribution in [0.2, 0.25) is 5.02 Å². The van der Waals surface area contributed by atoms with Crippen LogP contribution in [0.5, 0.6) is 5.75 Å². The summed E-state index contributed by atoms with van der Waals surface area (Å²) in [4.78, 5) is 11.8. The van der Waals surface area contributed by atoms with Crippen molar-refractivity contribution in [2.45, 2.75) is 13.0 Å². The molecule has 1 saturated heterocycles. The molecule has 2 rings (SSSR count). The number of ether oxygens (including phenoxy) is 1. The molecule has 0 spiro atoms. The lowest BCUT2D eigenvalue weighted by atomic mass is 10.1. The highest BCUT2D eigenvalue weighted by atomic mass is 35.5. The van der Waals surface area contributed by atoms with E-state index in [1.807, 2.05) is 0 Å². The third-order valence-corrected chi connectivity index (χ3v) is 3.14. The van der Waals surface area contributed by atoms with Crippen LogP contribution in [0.4, 0.5) is 14.5 Å². The maximum Gasteiger partial charge on any atom is 0.387 e. The molecular weight excluding hydrogens is 313 g/mol. The van der Waals surface area contributed by atoms with Gasteiger partial charge in [-0.05, 0) is 31.2 Å². The number of amides is 1. The zero-order valence-electron chi connectivity index (χ0n) is 10.4. The summed E-state index contributed by atoms with van der Waals surface area (Å²) in [6.07, 6.45) is 0.784. The van der Waals surface area contributed by atoms with Gasteiger partial charge in [0.25, 0.3) is 0 Å². The second kappa shape index (κ2) is 7.61. The first-order valence-corrected chi connectivity index (χ1v) is 6.20. The molecule has 1 unspecified atom stereocenters. The fourth-order valence-electron chi connectivity index (χ4n) is 1.89. The van der Waals surface area contributed by atoms with E-state index < -0.39 is 6.61 Å². The number of nitrogens with one attached hydrogen (secondary N) is 2. The second-order valence-corrected chi connectivity index (χ2v) is 4.61. The maximum atomic E-state index is 12.1. The predicted molar refractivity (Wildman–Crippen MR) is 74.9 cm³/mol. The molecule has 1 aromatic carbocycles. The van der Waals surface area contributed by atoms with E-state index in [-0.39, 0.29) is 35.0 Å². The van der Waals surface area contributed by atoms with Gasteiger partial charge in [0.05, 0.1) is 10.9 Å². The molecule has 1 atom stereocenters. The Morgan fingerprint density at radius 1 is 1.50 bits per heavy atom. The van der Waals surface area contributed by atoms with Crippen molar-refractivity contribution < 1.29 is 18.3 Å². The minimum Gasteiger partial charge on any atom is -0.433 e. The molecule has 8 heteroatoms. The highest BCUT2D eigenvalue weighted by molar-refractivity contribution is 6.32. The van der Waals surface area contributed by atoms with Gasteiger partial charge in [0.2, 0.25) is 5.91 Å². The van der Waals surface area contributed by atoms with Gasteiger partial charge in [0.15, 0.2) is 0 Å².